The Kier molecular flexibility index (Phi) is 3.82. The number of hydrogen-bond acceptors (Lipinski definition) is 4. The second kappa shape index (κ2) is 5.05. The van der Waals surface area contributed by atoms with Crippen LogP contribution in [-0.4, -0.2) is 55.0 Å². The lowest BCUT2D eigenvalue weighted by atomic mass is 9.91. The van der Waals surface area contributed by atoms with Gasteiger partial charge in [0, 0.05) is 19.6 Å². The average Bonchev–Trinajstić information content (AvgIpc) is 2.28. The van der Waals surface area contributed by atoms with Gasteiger partial charge < -0.3 is 19.7 Å². The molecule has 0 radical (unpaired) electrons. The first-order valence-corrected chi connectivity index (χ1v) is 6.73. The second-order valence-electron chi connectivity index (χ2n) is 6.21. The summed E-state index contributed by atoms with van der Waals surface area (Å²) in [4.78, 5) is 13.8. The molecule has 1 N–H and O–H groups in total. The maximum Gasteiger partial charge on any atom is 0.410 e. The van der Waals surface area contributed by atoms with Gasteiger partial charge in [-0.2, -0.15) is 0 Å². The van der Waals surface area contributed by atoms with E-state index in [-0.39, 0.29) is 11.7 Å². The van der Waals surface area contributed by atoms with E-state index >= 15 is 0 Å². The molecule has 5 nitrogen and oxygen atoms in total. The Balaban J connectivity index is 1.95. The van der Waals surface area contributed by atoms with Crippen molar-refractivity contribution in [1.29, 1.82) is 0 Å². The van der Waals surface area contributed by atoms with Crippen LogP contribution in [-0.2, 0) is 9.47 Å². The van der Waals surface area contributed by atoms with Crippen molar-refractivity contribution in [3.63, 3.8) is 0 Å². The Hall–Kier alpha value is -0.810. The molecule has 2 fully saturated rings. The van der Waals surface area contributed by atoms with E-state index in [1.807, 2.05) is 20.8 Å². The van der Waals surface area contributed by atoms with Gasteiger partial charge in [0.2, 0.25) is 0 Å². The summed E-state index contributed by atoms with van der Waals surface area (Å²) < 4.78 is 11.3. The van der Waals surface area contributed by atoms with Crippen molar-refractivity contribution in [2.75, 3.05) is 32.8 Å². The molecule has 2 rings (SSSR count). The van der Waals surface area contributed by atoms with Gasteiger partial charge in [0.25, 0.3) is 0 Å². The lowest BCUT2D eigenvalue weighted by molar-refractivity contribution is -0.105. The fourth-order valence-corrected chi connectivity index (χ4v) is 2.55. The van der Waals surface area contributed by atoms with E-state index in [1.165, 1.54) is 0 Å². The molecule has 0 bridgehead atoms. The third-order valence-corrected chi connectivity index (χ3v) is 3.33. The molecule has 1 amide bonds. The molecule has 0 aliphatic carbocycles. The number of nitrogens with zero attached hydrogens (tertiary/aromatic N) is 1. The molecule has 1 spiro atoms. The van der Waals surface area contributed by atoms with E-state index in [1.54, 1.807) is 4.90 Å². The standard InChI is InChI=1S/C13H24N2O3/c1-12(2,3)18-11(16)15-7-4-5-13(10-15)9-14-6-8-17-13/h14H,4-10H2,1-3H3/t13-/m0/s1. The first-order chi connectivity index (χ1) is 8.40. The highest BCUT2D eigenvalue weighted by Crippen LogP contribution is 2.27. The first-order valence-electron chi connectivity index (χ1n) is 6.73. The van der Waals surface area contributed by atoms with Gasteiger partial charge in [0.05, 0.1) is 18.8 Å². The molecule has 0 aromatic heterocycles. The van der Waals surface area contributed by atoms with Gasteiger partial charge in [-0.15, -0.1) is 0 Å². The highest BCUT2D eigenvalue weighted by molar-refractivity contribution is 5.68. The first kappa shape index (κ1) is 13.6. The van der Waals surface area contributed by atoms with E-state index in [0.29, 0.717) is 6.54 Å². The molecule has 104 valence electrons. The number of nitrogens with one attached hydrogen (secondary N) is 1. The number of morpholine rings is 1. The van der Waals surface area contributed by atoms with E-state index in [4.69, 9.17) is 9.47 Å². The molecule has 0 saturated carbocycles. The highest BCUT2D eigenvalue weighted by Gasteiger charge is 2.40. The zero-order chi connectivity index (χ0) is 13.2. The number of ether oxygens (including phenoxy) is 2. The predicted molar refractivity (Wildman–Crippen MR) is 68.6 cm³/mol. The van der Waals surface area contributed by atoms with Crippen molar-refractivity contribution in [3.8, 4) is 0 Å². The van der Waals surface area contributed by atoms with Gasteiger partial charge in [-0.05, 0) is 33.6 Å². The summed E-state index contributed by atoms with van der Waals surface area (Å²) in [5.41, 5.74) is -0.638. The third kappa shape index (κ3) is 3.36. The summed E-state index contributed by atoms with van der Waals surface area (Å²) >= 11 is 0. The number of carbonyl (C=O) groups is 1. The predicted octanol–water partition coefficient (Wildman–Crippen LogP) is 1.38. The number of hydrogen-bond donors (Lipinski definition) is 1. The van der Waals surface area contributed by atoms with Crippen LogP contribution >= 0.6 is 0 Å². The SMILES string of the molecule is CC(C)(C)OC(=O)N1CCC[C@]2(CNCCO2)C1. The monoisotopic (exact) mass is 256 g/mol. The van der Waals surface area contributed by atoms with E-state index < -0.39 is 5.60 Å². The Morgan fingerprint density at radius 1 is 1.44 bits per heavy atom. The van der Waals surface area contributed by atoms with Crippen molar-refractivity contribution >= 4 is 6.09 Å². The van der Waals surface area contributed by atoms with Crippen LogP contribution < -0.4 is 5.32 Å². The minimum absolute atomic E-state index is 0.201. The molecule has 18 heavy (non-hydrogen) atoms. The van der Waals surface area contributed by atoms with E-state index in [2.05, 4.69) is 5.32 Å². The zero-order valence-electron chi connectivity index (χ0n) is 11.6. The smallest absolute Gasteiger partial charge is 0.410 e. The van der Waals surface area contributed by atoms with Crippen LogP contribution in [0.25, 0.3) is 0 Å². The summed E-state index contributed by atoms with van der Waals surface area (Å²) in [6, 6.07) is 0. The van der Waals surface area contributed by atoms with E-state index in [0.717, 1.165) is 39.1 Å². The molecule has 0 aromatic carbocycles. The zero-order valence-corrected chi connectivity index (χ0v) is 11.6. The van der Waals surface area contributed by atoms with Gasteiger partial charge in [-0.25, -0.2) is 4.79 Å². The summed E-state index contributed by atoms with van der Waals surface area (Å²) in [6.07, 6.45) is 1.76. The van der Waals surface area contributed by atoms with Crippen LogP contribution in [0.5, 0.6) is 0 Å². The molecular formula is C13H24N2O3. The number of piperidine rings is 1. The maximum absolute atomic E-state index is 12.1. The Morgan fingerprint density at radius 2 is 2.22 bits per heavy atom. The molecule has 5 heteroatoms. The van der Waals surface area contributed by atoms with Crippen molar-refractivity contribution in [3.05, 3.63) is 0 Å². The number of likely N-dealkylation sites (tertiary alicyclic amines) is 1. The minimum Gasteiger partial charge on any atom is -0.444 e. The van der Waals surface area contributed by atoms with Crippen LogP contribution in [0.1, 0.15) is 33.6 Å². The van der Waals surface area contributed by atoms with Gasteiger partial charge in [-0.1, -0.05) is 0 Å². The van der Waals surface area contributed by atoms with Crippen LogP contribution in [0.3, 0.4) is 0 Å². The molecule has 1 atom stereocenters. The van der Waals surface area contributed by atoms with Gasteiger partial charge in [0.1, 0.15) is 5.60 Å². The van der Waals surface area contributed by atoms with Crippen LogP contribution in [0.2, 0.25) is 0 Å². The number of carbonyl (C=O) groups excluding carboxylic acids is 1. The van der Waals surface area contributed by atoms with Crippen LogP contribution in [0, 0.1) is 0 Å². The second-order valence-corrected chi connectivity index (χ2v) is 6.21. The molecule has 2 aliphatic heterocycles. The highest BCUT2D eigenvalue weighted by atomic mass is 16.6. The van der Waals surface area contributed by atoms with E-state index in [9.17, 15) is 4.79 Å². The van der Waals surface area contributed by atoms with Gasteiger partial charge in [0.15, 0.2) is 0 Å². The van der Waals surface area contributed by atoms with Crippen molar-refractivity contribution in [2.45, 2.75) is 44.8 Å². The number of amides is 1. The average molecular weight is 256 g/mol. The molecule has 2 heterocycles. The third-order valence-electron chi connectivity index (χ3n) is 3.33. The van der Waals surface area contributed by atoms with Crippen molar-refractivity contribution in [2.24, 2.45) is 0 Å². The maximum atomic E-state index is 12.1. The quantitative estimate of drug-likeness (QED) is 0.711. The summed E-state index contributed by atoms with van der Waals surface area (Å²) in [6.45, 7) is 9.52. The molecule has 2 aliphatic rings. The van der Waals surface area contributed by atoms with Crippen molar-refractivity contribution < 1.29 is 14.3 Å². The topological polar surface area (TPSA) is 50.8 Å². The summed E-state index contributed by atoms with van der Waals surface area (Å²) in [7, 11) is 0. The normalized spacial score (nSPS) is 29.4. The fraction of sp³-hybridized carbons (Fsp3) is 0.923. The van der Waals surface area contributed by atoms with Gasteiger partial charge in [-0.3, -0.25) is 0 Å². The molecule has 0 unspecified atom stereocenters. The molecular weight excluding hydrogens is 232 g/mol. The van der Waals surface area contributed by atoms with Crippen LogP contribution in [0.15, 0.2) is 0 Å². The Morgan fingerprint density at radius 3 is 2.83 bits per heavy atom. The molecule has 2 saturated heterocycles. The molecule has 0 aromatic rings. The minimum atomic E-state index is -0.437. The lowest BCUT2D eigenvalue weighted by Crippen LogP contribution is -2.60. The largest absolute Gasteiger partial charge is 0.444 e. The lowest BCUT2D eigenvalue weighted by Gasteiger charge is -2.44. The summed E-state index contributed by atoms with van der Waals surface area (Å²) in [5, 5.41) is 3.35. The number of rotatable bonds is 0. The van der Waals surface area contributed by atoms with Gasteiger partial charge >= 0.3 is 6.09 Å². The fourth-order valence-electron chi connectivity index (χ4n) is 2.55. The van der Waals surface area contributed by atoms with Crippen LogP contribution in [0.4, 0.5) is 4.79 Å². The Bertz CT molecular complexity index is 300. The Labute approximate surface area is 109 Å². The summed E-state index contributed by atoms with van der Waals surface area (Å²) in [5.74, 6) is 0. The van der Waals surface area contributed by atoms with Crippen molar-refractivity contribution in [1.82, 2.24) is 10.2 Å².